The summed E-state index contributed by atoms with van der Waals surface area (Å²) >= 11 is 12.3. The lowest BCUT2D eigenvalue weighted by Crippen LogP contribution is -2.33. The number of nitrogens with zero attached hydrogens (tertiary/aromatic N) is 1. The second kappa shape index (κ2) is 7.04. The second-order valence-electron chi connectivity index (χ2n) is 6.66. The summed E-state index contributed by atoms with van der Waals surface area (Å²) < 4.78 is 7.44. The summed E-state index contributed by atoms with van der Waals surface area (Å²) in [6, 6.07) is 10.3. The maximum absolute atomic E-state index is 12.9. The Labute approximate surface area is 171 Å². The highest BCUT2D eigenvalue weighted by Crippen LogP contribution is 2.39. The Bertz CT molecular complexity index is 1120. The first-order valence-corrected chi connectivity index (χ1v) is 9.43. The van der Waals surface area contributed by atoms with Crippen LogP contribution in [0.25, 0.3) is 10.9 Å². The van der Waals surface area contributed by atoms with E-state index >= 15 is 0 Å². The molecule has 2 heterocycles. The molecule has 2 amide bonds. The molecule has 0 bridgehead atoms. The van der Waals surface area contributed by atoms with Crippen molar-refractivity contribution in [3.63, 3.8) is 0 Å². The summed E-state index contributed by atoms with van der Waals surface area (Å²) in [5, 5.41) is 4.75. The number of fused-ring (bicyclic) bond motifs is 2. The fraction of sp³-hybridized carbons (Fsp3) is 0.200. The third-order valence-electron chi connectivity index (χ3n) is 4.97. The summed E-state index contributed by atoms with van der Waals surface area (Å²) in [7, 11) is 1.82. The Kier molecular flexibility index (Phi) is 4.69. The molecule has 8 heteroatoms. The standard InChI is InChI=1S/C20H17Cl2N3O3/c1-25-15-9-11(21)3-2-10(15)8-16(25)20(27)24-14-6-7-28-18-12(14)4-5-13(17(18)22)19(23)26/h2-5,8-9,14H,6-7H2,1H3,(H2,23,26)(H,24,27). The van der Waals surface area contributed by atoms with E-state index in [9.17, 15) is 9.59 Å². The van der Waals surface area contributed by atoms with Crippen LogP contribution in [-0.4, -0.2) is 23.0 Å². The maximum Gasteiger partial charge on any atom is 0.268 e. The number of ether oxygens (including phenoxy) is 1. The molecule has 28 heavy (non-hydrogen) atoms. The molecule has 1 aromatic heterocycles. The molecule has 2 aromatic carbocycles. The van der Waals surface area contributed by atoms with Gasteiger partial charge in [-0.25, -0.2) is 0 Å². The van der Waals surface area contributed by atoms with Crippen molar-refractivity contribution in [1.82, 2.24) is 9.88 Å². The molecule has 0 radical (unpaired) electrons. The smallest absolute Gasteiger partial charge is 0.268 e. The van der Waals surface area contributed by atoms with Gasteiger partial charge in [-0.1, -0.05) is 35.3 Å². The van der Waals surface area contributed by atoms with Crippen LogP contribution in [0.2, 0.25) is 10.0 Å². The predicted octanol–water partition coefficient (Wildman–Crippen LogP) is 3.84. The normalized spacial score (nSPS) is 15.8. The lowest BCUT2D eigenvalue weighted by molar-refractivity contribution is 0.0915. The van der Waals surface area contributed by atoms with Crippen LogP contribution in [0.4, 0.5) is 0 Å². The molecule has 1 aliphatic rings. The van der Waals surface area contributed by atoms with Crippen molar-refractivity contribution in [2.75, 3.05) is 6.61 Å². The number of rotatable bonds is 3. The van der Waals surface area contributed by atoms with Crippen molar-refractivity contribution in [2.45, 2.75) is 12.5 Å². The van der Waals surface area contributed by atoms with Gasteiger partial charge in [0.05, 0.1) is 23.2 Å². The average molecular weight is 418 g/mol. The van der Waals surface area contributed by atoms with Crippen molar-refractivity contribution in [1.29, 1.82) is 0 Å². The number of hydrogen-bond donors (Lipinski definition) is 2. The molecule has 1 aliphatic heterocycles. The highest BCUT2D eigenvalue weighted by molar-refractivity contribution is 6.35. The van der Waals surface area contributed by atoms with Crippen LogP contribution in [-0.2, 0) is 7.05 Å². The minimum Gasteiger partial charge on any atom is -0.492 e. The first kappa shape index (κ1) is 18.7. The molecule has 1 unspecified atom stereocenters. The summed E-state index contributed by atoms with van der Waals surface area (Å²) in [5.41, 5.74) is 7.65. The van der Waals surface area contributed by atoms with Gasteiger partial charge < -0.3 is 20.4 Å². The Hall–Kier alpha value is -2.70. The van der Waals surface area contributed by atoms with Gasteiger partial charge in [0.2, 0.25) is 5.91 Å². The molecule has 0 saturated carbocycles. The highest BCUT2D eigenvalue weighted by atomic mass is 35.5. The van der Waals surface area contributed by atoms with E-state index in [0.717, 1.165) is 16.5 Å². The maximum atomic E-state index is 12.9. The van der Waals surface area contributed by atoms with E-state index in [-0.39, 0.29) is 22.5 Å². The second-order valence-corrected chi connectivity index (χ2v) is 7.48. The van der Waals surface area contributed by atoms with Gasteiger partial charge in [0, 0.05) is 35.0 Å². The Morgan fingerprint density at radius 2 is 2.00 bits per heavy atom. The molecular formula is C20H17Cl2N3O3. The number of nitrogens with two attached hydrogens (primary N) is 1. The number of benzene rings is 2. The van der Waals surface area contributed by atoms with Crippen molar-refractivity contribution >= 4 is 45.9 Å². The molecule has 4 rings (SSSR count). The van der Waals surface area contributed by atoms with Gasteiger partial charge >= 0.3 is 0 Å². The van der Waals surface area contributed by atoms with Crippen LogP contribution in [0.5, 0.6) is 5.75 Å². The quantitative estimate of drug-likeness (QED) is 0.678. The van der Waals surface area contributed by atoms with E-state index in [0.29, 0.717) is 29.5 Å². The number of halogens is 2. The predicted molar refractivity (Wildman–Crippen MR) is 108 cm³/mol. The van der Waals surface area contributed by atoms with Crippen molar-refractivity contribution in [2.24, 2.45) is 12.8 Å². The zero-order chi connectivity index (χ0) is 20.0. The molecule has 0 saturated heterocycles. The lowest BCUT2D eigenvalue weighted by Gasteiger charge is -2.28. The van der Waals surface area contributed by atoms with Gasteiger partial charge in [-0.3, -0.25) is 9.59 Å². The van der Waals surface area contributed by atoms with Gasteiger partial charge in [-0.2, -0.15) is 0 Å². The Balaban J connectivity index is 1.66. The summed E-state index contributed by atoms with van der Waals surface area (Å²) in [5.74, 6) is -0.460. The third-order valence-corrected chi connectivity index (χ3v) is 5.58. The molecule has 0 spiro atoms. The minimum absolute atomic E-state index is 0.170. The molecule has 3 aromatic rings. The van der Waals surface area contributed by atoms with Crippen molar-refractivity contribution < 1.29 is 14.3 Å². The number of carbonyl (C=O) groups is 2. The zero-order valence-corrected chi connectivity index (χ0v) is 16.5. The fourth-order valence-corrected chi connectivity index (χ4v) is 4.01. The number of amides is 2. The molecule has 1 atom stereocenters. The van der Waals surface area contributed by atoms with E-state index in [1.165, 1.54) is 0 Å². The van der Waals surface area contributed by atoms with E-state index < -0.39 is 5.91 Å². The van der Waals surface area contributed by atoms with Crippen LogP contribution in [0.1, 0.15) is 38.9 Å². The van der Waals surface area contributed by atoms with Crippen LogP contribution in [0, 0.1) is 0 Å². The van der Waals surface area contributed by atoms with Crippen LogP contribution in [0.3, 0.4) is 0 Å². The number of primary amides is 1. The fourth-order valence-electron chi connectivity index (χ4n) is 3.52. The number of aryl methyl sites for hydroxylation is 1. The van der Waals surface area contributed by atoms with E-state index in [1.807, 2.05) is 25.2 Å². The van der Waals surface area contributed by atoms with Gasteiger partial charge in [-0.15, -0.1) is 0 Å². The van der Waals surface area contributed by atoms with Gasteiger partial charge in [0.25, 0.3) is 5.91 Å². The molecular weight excluding hydrogens is 401 g/mol. The van der Waals surface area contributed by atoms with Crippen molar-refractivity contribution in [3.05, 3.63) is 63.3 Å². The third kappa shape index (κ3) is 3.08. The summed E-state index contributed by atoms with van der Waals surface area (Å²) in [4.78, 5) is 24.4. The van der Waals surface area contributed by atoms with Crippen LogP contribution >= 0.6 is 23.2 Å². The van der Waals surface area contributed by atoms with Gasteiger partial charge in [0.15, 0.2) is 0 Å². The molecule has 144 valence electrons. The number of nitrogens with one attached hydrogen (secondary N) is 1. The first-order chi connectivity index (χ1) is 13.4. The van der Waals surface area contributed by atoms with E-state index in [4.69, 9.17) is 33.7 Å². The van der Waals surface area contributed by atoms with E-state index in [2.05, 4.69) is 5.32 Å². The largest absolute Gasteiger partial charge is 0.492 e. The Morgan fingerprint density at radius 1 is 1.21 bits per heavy atom. The molecule has 6 nitrogen and oxygen atoms in total. The van der Waals surface area contributed by atoms with Gasteiger partial charge in [-0.05, 0) is 24.3 Å². The topological polar surface area (TPSA) is 86.3 Å². The molecule has 0 fully saturated rings. The Morgan fingerprint density at radius 3 is 2.75 bits per heavy atom. The lowest BCUT2D eigenvalue weighted by atomic mass is 9.98. The number of carbonyl (C=O) groups excluding carboxylic acids is 2. The minimum atomic E-state index is -0.628. The first-order valence-electron chi connectivity index (χ1n) is 8.67. The van der Waals surface area contributed by atoms with E-state index in [1.54, 1.807) is 22.8 Å². The monoisotopic (exact) mass is 417 g/mol. The highest BCUT2D eigenvalue weighted by Gasteiger charge is 2.28. The van der Waals surface area contributed by atoms with Crippen LogP contribution in [0.15, 0.2) is 36.4 Å². The number of hydrogen-bond acceptors (Lipinski definition) is 3. The number of aromatic nitrogens is 1. The average Bonchev–Trinajstić information content (AvgIpc) is 2.98. The zero-order valence-electron chi connectivity index (χ0n) is 15.0. The van der Waals surface area contributed by atoms with Gasteiger partial charge in [0.1, 0.15) is 11.4 Å². The summed E-state index contributed by atoms with van der Waals surface area (Å²) in [6.45, 7) is 0.366. The SMILES string of the molecule is Cn1c(C(=O)NC2CCOc3c2ccc(C(N)=O)c3Cl)cc2ccc(Cl)cc21. The summed E-state index contributed by atoms with van der Waals surface area (Å²) in [6.07, 6.45) is 0.584. The molecule has 3 N–H and O–H groups in total. The van der Waals surface area contributed by atoms with Crippen molar-refractivity contribution in [3.8, 4) is 5.75 Å². The molecule has 0 aliphatic carbocycles. The van der Waals surface area contributed by atoms with Crippen LogP contribution < -0.4 is 15.8 Å².